The van der Waals surface area contributed by atoms with Crippen LogP contribution in [0, 0.1) is 6.92 Å². The highest BCUT2D eigenvalue weighted by atomic mass is 79.9. The van der Waals surface area contributed by atoms with Gasteiger partial charge >= 0.3 is 5.97 Å². The summed E-state index contributed by atoms with van der Waals surface area (Å²) in [4.78, 5) is 22.1. The van der Waals surface area contributed by atoms with Gasteiger partial charge in [0.25, 0.3) is 0 Å². The number of carboxylic acid groups (broad SMARTS) is 1. The van der Waals surface area contributed by atoms with Gasteiger partial charge in [-0.2, -0.15) is 0 Å². The summed E-state index contributed by atoms with van der Waals surface area (Å²) in [6, 6.07) is 1.73. The molecular weight excluding hydrogens is 268 g/mol. The molecule has 0 unspecified atom stereocenters. The van der Waals surface area contributed by atoms with E-state index >= 15 is 0 Å². The predicted octanol–water partition coefficient (Wildman–Crippen LogP) is 2.64. The summed E-state index contributed by atoms with van der Waals surface area (Å²) >= 11 is 4.59. The molecule has 1 heterocycles. The average Bonchev–Trinajstić information content (AvgIpc) is 2.43. The van der Waals surface area contributed by atoms with Gasteiger partial charge in [-0.3, -0.25) is 4.79 Å². The van der Waals surface area contributed by atoms with E-state index in [1.807, 2.05) is 6.92 Å². The van der Waals surface area contributed by atoms with Crippen LogP contribution < -0.4 is 0 Å². The molecule has 0 atom stereocenters. The Morgan fingerprint density at radius 1 is 1.50 bits per heavy atom. The zero-order valence-corrected chi connectivity index (χ0v) is 9.68. The lowest BCUT2D eigenvalue weighted by molar-refractivity contribution is -0.131. The summed E-state index contributed by atoms with van der Waals surface area (Å²) in [6.07, 6.45) is 1.89. The molecule has 0 saturated heterocycles. The van der Waals surface area contributed by atoms with Gasteiger partial charge in [0.05, 0.1) is 8.66 Å². The Hall–Kier alpha value is -0.940. The van der Waals surface area contributed by atoms with E-state index in [1.165, 1.54) is 11.3 Å². The van der Waals surface area contributed by atoms with Crippen molar-refractivity contribution in [3.8, 4) is 0 Å². The quantitative estimate of drug-likeness (QED) is 0.681. The van der Waals surface area contributed by atoms with E-state index in [2.05, 4.69) is 15.9 Å². The second-order valence-corrected chi connectivity index (χ2v) is 4.97. The summed E-state index contributed by atoms with van der Waals surface area (Å²) < 4.78 is 0.893. The van der Waals surface area contributed by atoms with Crippen LogP contribution in [0.4, 0.5) is 0 Å². The van der Waals surface area contributed by atoms with Crippen molar-refractivity contribution in [2.45, 2.75) is 6.92 Å². The molecule has 0 radical (unpaired) electrons. The second-order valence-electron chi connectivity index (χ2n) is 2.60. The molecule has 1 N–H and O–H groups in total. The van der Waals surface area contributed by atoms with Gasteiger partial charge < -0.3 is 5.11 Å². The Balaban J connectivity index is 2.85. The first-order chi connectivity index (χ1) is 6.50. The molecule has 0 bridgehead atoms. The van der Waals surface area contributed by atoms with E-state index in [9.17, 15) is 9.59 Å². The fourth-order valence-electron chi connectivity index (χ4n) is 0.810. The van der Waals surface area contributed by atoms with Crippen LogP contribution in [-0.4, -0.2) is 16.9 Å². The van der Waals surface area contributed by atoms with Crippen molar-refractivity contribution in [2.75, 3.05) is 0 Å². The SMILES string of the molecule is Cc1cc(C(=O)C=CC(=O)O)sc1Br. The molecular formula is C9H7BrO3S. The monoisotopic (exact) mass is 274 g/mol. The number of rotatable bonds is 3. The van der Waals surface area contributed by atoms with E-state index in [0.717, 1.165) is 21.5 Å². The van der Waals surface area contributed by atoms with E-state index in [1.54, 1.807) is 6.07 Å². The van der Waals surface area contributed by atoms with Gasteiger partial charge in [-0.1, -0.05) is 0 Å². The van der Waals surface area contributed by atoms with Crippen LogP contribution in [0.25, 0.3) is 0 Å². The molecule has 1 rings (SSSR count). The van der Waals surface area contributed by atoms with Gasteiger partial charge in [0.15, 0.2) is 5.78 Å². The minimum atomic E-state index is -1.12. The Morgan fingerprint density at radius 2 is 2.14 bits per heavy atom. The van der Waals surface area contributed by atoms with Crippen LogP contribution in [0.1, 0.15) is 15.2 Å². The summed E-state index contributed by atoms with van der Waals surface area (Å²) in [6.45, 7) is 1.87. The first kappa shape index (κ1) is 11.1. The standard InChI is InChI=1S/C9H7BrO3S/c1-5-4-7(14-9(5)10)6(11)2-3-8(12)13/h2-4H,1H3,(H,12,13). The van der Waals surface area contributed by atoms with Crippen molar-refractivity contribution >= 4 is 39.0 Å². The van der Waals surface area contributed by atoms with E-state index in [-0.39, 0.29) is 5.78 Å². The highest BCUT2D eigenvalue weighted by molar-refractivity contribution is 9.11. The number of allylic oxidation sites excluding steroid dienone is 1. The van der Waals surface area contributed by atoms with Crippen LogP contribution in [0.5, 0.6) is 0 Å². The lowest BCUT2D eigenvalue weighted by Gasteiger charge is -1.85. The molecule has 0 spiro atoms. The van der Waals surface area contributed by atoms with Crippen LogP contribution in [0.2, 0.25) is 0 Å². The largest absolute Gasteiger partial charge is 0.478 e. The van der Waals surface area contributed by atoms with Gasteiger partial charge in [-0.05, 0) is 40.6 Å². The first-order valence-electron chi connectivity index (χ1n) is 3.72. The minimum absolute atomic E-state index is 0.286. The second kappa shape index (κ2) is 4.52. The number of aryl methyl sites for hydroxylation is 1. The van der Waals surface area contributed by atoms with Crippen LogP contribution in [-0.2, 0) is 4.79 Å². The molecule has 0 aliphatic heterocycles. The van der Waals surface area contributed by atoms with Gasteiger partial charge in [-0.25, -0.2) is 4.79 Å². The maximum Gasteiger partial charge on any atom is 0.328 e. The van der Waals surface area contributed by atoms with Crippen molar-refractivity contribution in [2.24, 2.45) is 0 Å². The summed E-state index contributed by atoms with van der Waals surface area (Å²) in [5.74, 6) is -1.41. The molecule has 14 heavy (non-hydrogen) atoms. The predicted molar refractivity (Wildman–Crippen MR) is 57.9 cm³/mol. The molecule has 0 aliphatic carbocycles. The third kappa shape index (κ3) is 2.78. The zero-order chi connectivity index (χ0) is 10.7. The molecule has 1 aromatic rings. The van der Waals surface area contributed by atoms with Crippen LogP contribution in [0.3, 0.4) is 0 Å². The van der Waals surface area contributed by atoms with Crippen molar-refractivity contribution in [3.63, 3.8) is 0 Å². The third-order valence-electron chi connectivity index (χ3n) is 1.48. The number of aliphatic carboxylic acids is 1. The van der Waals surface area contributed by atoms with E-state index in [4.69, 9.17) is 5.11 Å². The molecule has 0 aromatic carbocycles. The minimum Gasteiger partial charge on any atom is -0.478 e. The maximum absolute atomic E-state index is 11.4. The molecule has 0 fully saturated rings. The molecule has 0 aliphatic rings. The molecule has 3 nitrogen and oxygen atoms in total. The van der Waals surface area contributed by atoms with E-state index in [0.29, 0.717) is 4.88 Å². The Labute approximate surface area is 93.2 Å². The van der Waals surface area contributed by atoms with Crippen LogP contribution >= 0.6 is 27.3 Å². The van der Waals surface area contributed by atoms with Crippen molar-refractivity contribution < 1.29 is 14.7 Å². The number of ketones is 1. The maximum atomic E-state index is 11.4. The number of thiophene rings is 1. The zero-order valence-electron chi connectivity index (χ0n) is 7.28. The molecule has 0 amide bonds. The highest BCUT2D eigenvalue weighted by Gasteiger charge is 2.08. The smallest absolute Gasteiger partial charge is 0.328 e. The Bertz CT molecular complexity index is 387. The first-order valence-corrected chi connectivity index (χ1v) is 5.33. The number of carbonyl (C=O) groups excluding carboxylic acids is 1. The van der Waals surface area contributed by atoms with Gasteiger partial charge in [-0.15, -0.1) is 11.3 Å². The van der Waals surface area contributed by atoms with Crippen molar-refractivity contribution in [1.29, 1.82) is 0 Å². The van der Waals surface area contributed by atoms with Gasteiger partial charge in [0, 0.05) is 6.08 Å². The highest BCUT2D eigenvalue weighted by Crippen LogP contribution is 2.27. The number of carboxylic acids is 1. The van der Waals surface area contributed by atoms with Crippen molar-refractivity contribution in [1.82, 2.24) is 0 Å². The summed E-state index contributed by atoms with van der Waals surface area (Å²) in [5.41, 5.74) is 0.974. The molecule has 1 aromatic heterocycles. The summed E-state index contributed by atoms with van der Waals surface area (Å²) in [7, 11) is 0. The number of halogens is 1. The number of carbonyl (C=O) groups is 2. The van der Waals surface area contributed by atoms with Crippen LogP contribution in [0.15, 0.2) is 22.0 Å². The normalized spacial score (nSPS) is 10.7. The lowest BCUT2D eigenvalue weighted by Crippen LogP contribution is -1.93. The van der Waals surface area contributed by atoms with E-state index < -0.39 is 5.97 Å². The fraction of sp³-hybridized carbons (Fsp3) is 0.111. The average molecular weight is 275 g/mol. The lowest BCUT2D eigenvalue weighted by atomic mass is 10.2. The Kier molecular flexibility index (Phi) is 3.60. The van der Waals surface area contributed by atoms with Crippen molar-refractivity contribution in [3.05, 3.63) is 32.4 Å². The number of hydrogen-bond donors (Lipinski definition) is 1. The summed E-state index contributed by atoms with van der Waals surface area (Å²) in [5, 5.41) is 8.32. The molecule has 74 valence electrons. The molecule has 5 heteroatoms. The van der Waals surface area contributed by atoms with Gasteiger partial charge in [0.1, 0.15) is 0 Å². The Morgan fingerprint density at radius 3 is 2.57 bits per heavy atom. The molecule has 0 saturated carbocycles. The third-order valence-corrected chi connectivity index (χ3v) is 3.63. The van der Waals surface area contributed by atoms with Gasteiger partial charge in [0.2, 0.25) is 0 Å². The topological polar surface area (TPSA) is 54.4 Å². The number of hydrogen-bond acceptors (Lipinski definition) is 3. The fourth-order valence-corrected chi connectivity index (χ4v) is 2.27.